The zero-order chi connectivity index (χ0) is 71.9. The van der Waals surface area contributed by atoms with E-state index < -0.39 is 42.2 Å². The minimum absolute atomic E-state index is 0.368. The first kappa shape index (κ1) is 76.8. The fraction of sp³-hybridized carbons (Fsp3) is 0.600. The normalized spacial score (nSPS) is 18.8. The van der Waals surface area contributed by atoms with Gasteiger partial charge in [-0.25, -0.2) is 0 Å². The molecule has 0 atom stereocenters. The number of rotatable bonds is 24. The minimum atomic E-state index is -3.23. The molecule has 4 bridgehead atoms. The Morgan fingerprint density at radius 3 is 0.417 bits per heavy atom. The summed E-state index contributed by atoms with van der Waals surface area (Å²) in [5.41, 5.74) is 30.7. The molecule has 5 aliphatic heterocycles. The van der Waals surface area contributed by atoms with Crippen LogP contribution < -0.4 is 31.1 Å². The van der Waals surface area contributed by atoms with E-state index >= 15 is 0 Å². The molecule has 522 valence electrons. The molecule has 5 heterocycles. The van der Waals surface area contributed by atoms with Crippen LogP contribution in [0, 0.1) is 0 Å². The van der Waals surface area contributed by atoms with Crippen molar-refractivity contribution in [1.29, 1.82) is 0 Å². The molecule has 6 aromatic carbocycles. The van der Waals surface area contributed by atoms with Crippen molar-refractivity contribution in [2.24, 2.45) is 0 Å². The highest BCUT2D eigenvalue weighted by Gasteiger charge is 3.14. The Morgan fingerprint density at radius 1 is 0.167 bits per heavy atom. The summed E-state index contributed by atoms with van der Waals surface area (Å²) < 4.78 is 0. The van der Waals surface area contributed by atoms with E-state index in [1.165, 1.54) is 0 Å². The van der Waals surface area contributed by atoms with E-state index in [-0.39, 0.29) is 0 Å². The molecule has 0 aromatic heterocycles. The smallest absolute Gasteiger partial charge is 0.0612 e. The second-order valence-corrected chi connectivity index (χ2v) is 100.0. The lowest BCUT2D eigenvalue weighted by atomic mass is 9.89. The van der Waals surface area contributed by atoms with Crippen molar-refractivity contribution in [3.05, 3.63) is 173 Å². The van der Waals surface area contributed by atoms with Crippen molar-refractivity contribution in [3.8, 4) is 0 Å². The molecule has 0 saturated carbocycles. The van der Waals surface area contributed by atoms with Crippen molar-refractivity contribution in [2.75, 3.05) is 0 Å². The number of benzene rings is 6. The summed E-state index contributed by atoms with van der Waals surface area (Å²) in [6.45, 7) is 88.3. The molecule has 0 unspecified atom stereocenters. The van der Waals surface area contributed by atoms with E-state index in [1.54, 1.807) is 100 Å². The standard InChI is InChI=1S/C90H138Si6/c1-49(2)67-37-73(55(13)14)85(74(38-67)56(15)16)93(86-75(57(17)18)39-68(50(3)4)40-76(86)58(19)20)91-95(89-81(63(29)30)45-71(53(9)10)46-82(89)64(31)32)92(93)96(91,90-83(65(33)34)47-72(54(11)12)48-84(90)66(35)36)94(95,87-77(59(21)22)41-69(51(5)6)42-78(87)60(23)24)88-79(61(25)26)43-70(52(7)8)44-80(88)62(27)28/h37-66H,1-36H3. The van der Waals surface area contributed by atoms with Gasteiger partial charge in [0, 0.05) is 14.7 Å². The largest absolute Gasteiger partial charge is 0.104 e. The van der Waals surface area contributed by atoms with Gasteiger partial charge in [-0.1, -0.05) is 353 Å². The highest BCUT2D eigenvalue weighted by Crippen LogP contribution is 2.74. The topological polar surface area (TPSA) is 0 Å². The maximum atomic E-state index is 2.93. The van der Waals surface area contributed by atoms with E-state index in [0.717, 1.165) is 0 Å². The monoisotopic (exact) mass is 1390 g/mol. The summed E-state index contributed by atoms with van der Waals surface area (Å²) in [5.74, 6) is 7.28. The van der Waals surface area contributed by atoms with Crippen LogP contribution in [-0.4, -0.2) is 42.2 Å². The third-order valence-electron chi connectivity index (χ3n) is 24.4. The van der Waals surface area contributed by atoms with Gasteiger partial charge in [0.15, 0.2) is 0 Å². The fourth-order valence-electron chi connectivity index (χ4n) is 19.5. The summed E-state index contributed by atoms with van der Waals surface area (Å²) in [6.07, 6.45) is 0. The molecule has 5 fully saturated rings. The zero-order valence-electron chi connectivity index (χ0n) is 68.3. The molecule has 11 rings (SSSR count). The molecule has 5 aliphatic rings. The first-order valence-electron chi connectivity index (χ1n) is 39.4. The Kier molecular flexibility index (Phi) is 22.2. The van der Waals surface area contributed by atoms with Crippen molar-refractivity contribution in [3.63, 3.8) is 0 Å². The average molecular weight is 1390 g/mol. The number of hydrogen-bond acceptors (Lipinski definition) is 0. The van der Waals surface area contributed by atoms with Crippen LogP contribution in [0.15, 0.2) is 72.8 Å². The summed E-state index contributed by atoms with van der Waals surface area (Å²) in [5, 5.41) is 12.3. The van der Waals surface area contributed by atoms with Gasteiger partial charge in [0.1, 0.15) is 7.11 Å². The maximum Gasteiger partial charge on any atom is 0.104 e. The molecule has 96 heavy (non-hydrogen) atoms. The first-order valence-corrected chi connectivity index (χ1v) is 58.4. The van der Waals surface area contributed by atoms with Crippen LogP contribution in [0.4, 0.5) is 0 Å². The highest BCUT2D eigenvalue weighted by molar-refractivity contribution is 8.69. The van der Waals surface area contributed by atoms with Gasteiger partial charge < -0.3 is 0 Å². The van der Waals surface area contributed by atoms with E-state index in [9.17, 15) is 0 Å². The molecule has 0 aliphatic carbocycles. The van der Waals surface area contributed by atoms with E-state index in [0.29, 0.717) is 107 Å². The van der Waals surface area contributed by atoms with Gasteiger partial charge in [-0.15, -0.1) is 0 Å². The predicted molar refractivity (Wildman–Crippen MR) is 445 cm³/mol. The fourth-order valence-corrected chi connectivity index (χ4v) is 393. The third kappa shape index (κ3) is 11.2. The van der Waals surface area contributed by atoms with Gasteiger partial charge in [0.2, 0.25) is 0 Å². The molecule has 6 heteroatoms. The van der Waals surface area contributed by atoms with Crippen molar-refractivity contribution < 1.29 is 0 Å². The zero-order valence-corrected chi connectivity index (χ0v) is 74.3. The first-order chi connectivity index (χ1) is 44.5. The van der Waals surface area contributed by atoms with Crippen LogP contribution in [0.3, 0.4) is 0 Å². The molecule has 6 aromatic rings. The Labute approximate surface area is 597 Å². The highest BCUT2D eigenvalue weighted by atomic mass is 30.9. The lowest BCUT2D eigenvalue weighted by Gasteiger charge is -3.03. The van der Waals surface area contributed by atoms with Gasteiger partial charge in [0.25, 0.3) is 0 Å². The van der Waals surface area contributed by atoms with Gasteiger partial charge in [-0.2, -0.15) is 0 Å². The Hall–Kier alpha value is -3.38. The lowest BCUT2D eigenvalue weighted by molar-refractivity contribution is 0.807. The van der Waals surface area contributed by atoms with Crippen molar-refractivity contribution >= 4 is 73.3 Å². The van der Waals surface area contributed by atoms with Crippen molar-refractivity contribution in [2.45, 2.75) is 356 Å². The van der Waals surface area contributed by atoms with Crippen molar-refractivity contribution in [1.82, 2.24) is 0 Å². The summed E-state index contributed by atoms with van der Waals surface area (Å²) >= 11 is 0. The maximum absolute atomic E-state index is 3.23. The quantitative estimate of drug-likeness (QED) is 0.0530. The van der Waals surface area contributed by atoms with E-state index in [1.807, 2.05) is 20.7 Å². The number of hydrogen-bond donors (Lipinski definition) is 0. The van der Waals surface area contributed by atoms with Crippen LogP contribution in [-0.2, 0) is 0 Å². The molecule has 0 spiro atoms. The summed E-state index contributed by atoms with van der Waals surface area (Å²) in [6, 6.07) is 35.0. The van der Waals surface area contributed by atoms with Gasteiger partial charge in [0.05, 0.1) is 20.4 Å². The Bertz CT molecular complexity index is 3430. The summed E-state index contributed by atoms with van der Waals surface area (Å²) in [7, 11) is -8.97. The van der Waals surface area contributed by atoms with E-state index in [2.05, 4.69) is 332 Å². The van der Waals surface area contributed by atoms with Gasteiger partial charge >= 0.3 is 0 Å². The third-order valence-corrected chi connectivity index (χ3v) is 207. The molecule has 0 nitrogen and oxygen atoms in total. The molecule has 0 amide bonds. The molecular weight excluding hydrogens is 1250 g/mol. The van der Waals surface area contributed by atoms with Gasteiger partial charge in [-0.05, 0) is 207 Å². The second-order valence-electron chi connectivity index (χ2n) is 37.0. The van der Waals surface area contributed by atoms with E-state index in [4.69, 9.17) is 0 Å². The Morgan fingerprint density at radius 2 is 0.292 bits per heavy atom. The Balaban J connectivity index is 1.86. The predicted octanol–water partition coefficient (Wildman–Crippen LogP) is 23.1. The van der Waals surface area contributed by atoms with Crippen LogP contribution in [0.5, 0.6) is 0 Å². The summed E-state index contributed by atoms with van der Waals surface area (Å²) in [4.78, 5) is 0. The molecule has 2 radical (unpaired) electrons. The van der Waals surface area contributed by atoms with Crippen LogP contribution >= 0.6 is 0 Å². The van der Waals surface area contributed by atoms with Gasteiger partial charge in [-0.3, -0.25) is 0 Å². The lowest BCUT2D eigenvalue weighted by Crippen LogP contribution is -3.47. The average Bonchev–Trinajstić information content (AvgIpc) is 0.543. The van der Waals surface area contributed by atoms with Crippen LogP contribution in [0.2, 0.25) is 0 Å². The van der Waals surface area contributed by atoms with Crippen LogP contribution in [0.25, 0.3) is 0 Å². The van der Waals surface area contributed by atoms with Crippen LogP contribution in [0.1, 0.15) is 456 Å². The molecule has 5 saturated heterocycles. The second kappa shape index (κ2) is 27.8. The molecular formula is C90H138Si6. The molecule has 0 N–H and O–H groups in total. The SMILES string of the molecule is CC(C)c1cc(C(C)C)c([Si]2(c3c(C(C)C)cc(C(C)C)cc3C(C)C)[Si]3[Si]4(c5c(C(C)C)cc(C(C)C)cc5C(C)C)[Si]2[Si]3(c2c(C(C)C)cc(C(C)C)cc2C(C)C)[Si]4(c2c(C(C)C)cc(C(C)C)cc2C(C)C)c2c(C(C)C)cc(C(C)C)cc2C(C)C)c(C(C)C)c1. The minimum Gasteiger partial charge on any atom is -0.0612 e.